The number of benzene rings is 1. The van der Waals surface area contributed by atoms with Crippen LogP contribution in [0.5, 0.6) is 0 Å². The Bertz CT molecular complexity index is 619. The Morgan fingerprint density at radius 2 is 2.22 bits per heavy atom. The first-order chi connectivity index (χ1) is 8.47. The maximum Gasteiger partial charge on any atom is 0.312 e. The van der Waals surface area contributed by atoms with Gasteiger partial charge in [-0.15, -0.1) is 0 Å². The van der Waals surface area contributed by atoms with E-state index in [-0.39, 0.29) is 12.1 Å². The van der Waals surface area contributed by atoms with Crippen molar-refractivity contribution in [3.8, 4) is 0 Å². The van der Waals surface area contributed by atoms with E-state index in [2.05, 4.69) is 0 Å². The Labute approximate surface area is 104 Å². The molecule has 1 aromatic carbocycles. The predicted molar refractivity (Wildman–Crippen MR) is 67.0 cm³/mol. The van der Waals surface area contributed by atoms with Crippen LogP contribution >= 0.6 is 0 Å². The van der Waals surface area contributed by atoms with Crippen molar-refractivity contribution in [2.45, 2.75) is 12.8 Å². The smallest absolute Gasteiger partial charge is 0.312 e. The van der Waals surface area contributed by atoms with Gasteiger partial charge in [0.25, 0.3) is 0 Å². The third-order valence-electron chi connectivity index (χ3n) is 3.34. The van der Waals surface area contributed by atoms with E-state index in [0.29, 0.717) is 5.39 Å². The van der Waals surface area contributed by atoms with E-state index >= 15 is 0 Å². The number of aryl methyl sites for hydroxylation is 2. The van der Waals surface area contributed by atoms with Crippen LogP contribution in [0.15, 0.2) is 18.2 Å². The molecule has 18 heavy (non-hydrogen) atoms. The van der Waals surface area contributed by atoms with Gasteiger partial charge in [-0.3, -0.25) is 4.79 Å². The average molecular weight is 250 g/mol. The molecule has 0 saturated heterocycles. The first kappa shape index (κ1) is 12.6. The van der Waals surface area contributed by atoms with Crippen molar-refractivity contribution in [2.75, 3.05) is 6.54 Å². The van der Waals surface area contributed by atoms with Gasteiger partial charge >= 0.3 is 5.97 Å². The van der Waals surface area contributed by atoms with Gasteiger partial charge in [0, 0.05) is 30.2 Å². The Morgan fingerprint density at radius 3 is 2.78 bits per heavy atom. The summed E-state index contributed by atoms with van der Waals surface area (Å²) in [6.45, 7) is 1.75. The summed E-state index contributed by atoms with van der Waals surface area (Å²) in [4.78, 5) is 11.0. The molecule has 0 fully saturated rings. The number of halogens is 1. The van der Waals surface area contributed by atoms with Gasteiger partial charge in [0.1, 0.15) is 5.82 Å². The molecule has 0 saturated carbocycles. The van der Waals surface area contributed by atoms with E-state index in [0.717, 1.165) is 11.2 Å². The average Bonchev–Trinajstić information content (AvgIpc) is 2.60. The maximum absolute atomic E-state index is 14.3. The van der Waals surface area contributed by atoms with Crippen molar-refractivity contribution < 1.29 is 14.3 Å². The first-order valence-electron chi connectivity index (χ1n) is 5.64. The summed E-state index contributed by atoms with van der Waals surface area (Å²) in [5.41, 5.74) is 7.21. The van der Waals surface area contributed by atoms with E-state index in [1.165, 1.54) is 6.07 Å². The second kappa shape index (κ2) is 4.42. The molecule has 96 valence electrons. The summed E-state index contributed by atoms with van der Waals surface area (Å²) in [6, 6.07) is 4.94. The van der Waals surface area contributed by atoms with E-state index in [9.17, 15) is 9.18 Å². The number of fused-ring (bicyclic) bond motifs is 1. The zero-order valence-electron chi connectivity index (χ0n) is 10.3. The van der Waals surface area contributed by atoms with Crippen LogP contribution in [0.3, 0.4) is 0 Å². The van der Waals surface area contributed by atoms with Crippen LogP contribution in [0.25, 0.3) is 10.9 Å². The van der Waals surface area contributed by atoms with Crippen molar-refractivity contribution in [3.05, 3.63) is 35.3 Å². The lowest BCUT2D eigenvalue weighted by molar-refractivity contribution is -0.138. The molecule has 1 heterocycles. The topological polar surface area (TPSA) is 68.2 Å². The van der Waals surface area contributed by atoms with E-state index in [4.69, 9.17) is 10.8 Å². The summed E-state index contributed by atoms with van der Waals surface area (Å²) in [5, 5.41) is 9.47. The molecular formula is C13H15FN2O2. The third-order valence-corrected chi connectivity index (χ3v) is 3.34. The number of aromatic nitrogens is 1. The molecule has 0 bridgehead atoms. The van der Waals surface area contributed by atoms with Crippen molar-refractivity contribution in [3.63, 3.8) is 0 Å². The predicted octanol–water partition coefficient (Wildman–Crippen LogP) is 1.75. The van der Waals surface area contributed by atoms with Crippen LogP contribution in [0.1, 0.15) is 17.2 Å². The highest BCUT2D eigenvalue weighted by Gasteiger charge is 2.23. The molecule has 1 unspecified atom stereocenters. The molecule has 2 rings (SSSR count). The van der Waals surface area contributed by atoms with Gasteiger partial charge in [0.05, 0.1) is 11.4 Å². The zero-order chi connectivity index (χ0) is 13.4. The fourth-order valence-electron chi connectivity index (χ4n) is 2.16. The van der Waals surface area contributed by atoms with Crippen LogP contribution in [-0.4, -0.2) is 22.2 Å². The quantitative estimate of drug-likeness (QED) is 0.872. The SMILES string of the molecule is Cc1cc2c(F)c(C(CN)C(=O)O)ccc2n1C. The lowest BCUT2D eigenvalue weighted by Gasteiger charge is -2.12. The lowest BCUT2D eigenvalue weighted by atomic mass is 9.97. The van der Waals surface area contributed by atoms with Gasteiger partial charge in [-0.25, -0.2) is 4.39 Å². The van der Waals surface area contributed by atoms with Crippen LogP contribution in [0.4, 0.5) is 4.39 Å². The minimum atomic E-state index is -1.11. The largest absolute Gasteiger partial charge is 0.481 e. The summed E-state index contributed by atoms with van der Waals surface area (Å²) < 4.78 is 16.2. The monoisotopic (exact) mass is 250 g/mol. The standard InChI is InChI=1S/C13H15FN2O2/c1-7-5-9-11(16(7)2)4-3-8(12(9)14)10(6-15)13(17)18/h3-5,10H,6,15H2,1-2H3,(H,17,18). The van der Waals surface area contributed by atoms with Crippen molar-refractivity contribution in [1.82, 2.24) is 4.57 Å². The van der Waals surface area contributed by atoms with Crippen molar-refractivity contribution in [2.24, 2.45) is 12.8 Å². The van der Waals surface area contributed by atoms with Gasteiger partial charge in [0.2, 0.25) is 0 Å². The summed E-state index contributed by atoms with van der Waals surface area (Å²) in [7, 11) is 1.84. The van der Waals surface area contributed by atoms with Gasteiger partial charge < -0.3 is 15.4 Å². The van der Waals surface area contributed by atoms with E-state index in [1.54, 1.807) is 12.1 Å². The zero-order valence-corrected chi connectivity index (χ0v) is 10.3. The number of aliphatic carboxylic acids is 1. The summed E-state index contributed by atoms with van der Waals surface area (Å²) in [6.07, 6.45) is 0. The van der Waals surface area contributed by atoms with E-state index < -0.39 is 17.7 Å². The minimum Gasteiger partial charge on any atom is -0.481 e. The Kier molecular flexibility index (Phi) is 3.09. The Balaban J connectivity index is 2.68. The molecule has 0 amide bonds. The van der Waals surface area contributed by atoms with Crippen LogP contribution in [-0.2, 0) is 11.8 Å². The molecule has 5 heteroatoms. The highest BCUT2D eigenvalue weighted by Crippen LogP contribution is 2.28. The molecule has 4 nitrogen and oxygen atoms in total. The molecule has 3 N–H and O–H groups in total. The number of carboxylic acid groups (broad SMARTS) is 1. The number of nitrogens with two attached hydrogens (primary N) is 1. The highest BCUT2D eigenvalue weighted by atomic mass is 19.1. The van der Waals surface area contributed by atoms with Gasteiger partial charge in [-0.2, -0.15) is 0 Å². The fourth-order valence-corrected chi connectivity index (χ4v) is 2.16. The number of rotatable bonds is 3. The lowest BCUT2D eigenvalue weighted by Crippen LogP contribution is -2.22. The van der Waals surface area contributed by atoms with Gasteiger partial charge in [0.15, 0.2) is 0 Å². The molecule has 0 radical (unpaired) electrons. The summed E-state index contributed by atoms with van der Waals surface area (Å²) >= 11 is 0. The number of nitrogens with zero attached hydrogens (tertiary/aromatic N) is 1. The minimum absolute atomic E-state index is 0.121. The molecule has 2 aromatic rings. The number of carbonyl (C=O) groups is 1. The summed E-state index contributed by atoms with van der Waals surface area (Å²) in [5.74, 6) is -2.60. The molecule has 1 aromatic heterocycles. The van der Waals surface area contributed by atoms with Crippen LogP contribution < -0.4 is 5.73 Å². The van der Waals surface area contributed by atoms with Crippen LogP contribution in [0, 0.1) is 12.7 Å². The van der Waals surface area contributed by atoms with Crippen LogP contribution in [0.2, 0.25) is 0 Å². The van der Waals surface area contributed by atoms with Gasteiger partial charge in [-0.1, -0.05) is 6.07 Å². The molecule has 0 aliphatic heterocycles. The Hall–Kier alpha value is -1.88. The van der Waals surface area contributed by atoms with E-state index in [1.807, 2.05) is 18.5 Å². The molecule has 0 aliphatic carbocycles. The number of hydrogen-bond acceptors (Lipinski definition) is 2. The molecule has 0 aliphatic rings. The third kappa shape index (κ3) is 1.76. The van der Waals surface area contributed by atoms with Crippen molar-refractivity contribution in [1.29, 1.82) is 0 Å². The normalized spacial score (nSPS) is 12.9. The molecule has 1 atom stereocenters. The molecular weight excluding hydrogens is 235 g/mol. The fraction of sp³-hybridized carbons (Fsp3) is 0.308. The number of carboxylic acids is 1. The van der Waals surface area contributed by atoms with Crippen molar-refractivity contribution >= 4 is 16.9 Å². The second-order valence-corrected chi connectivity index (χ2v) is 4.37. The molecule has 0 spiro atoms. The first-order valence-corrected chi connectivity index (χ1v) is 5.64. The number of hydrogen-bond donors (Lipinski definition) is 2. The second-order valence-electron chi connectivity index (χ2n) is 4.37. The highest BCUT2D eigenvalue weighted by molar-refractivity contribution is 5.85. The Morgan fingerprint density at radius 1 is 1.56 bits per heavy atom. The maximum atomic E-state index is 14.3. The van der Waals surface area contributed by atoms with Gasteiger partial charge in [-0.05, 0) is 19.1 Å².